The summed E-state index contributed by atoms with van der Waals surface area (Å²) in [5.41, 5.74) is 4.01. The first-order valence-corrected chi connectivity index (χ1v) is 11.1. The summed E-state index contributed by atoms with van der Waals surface area (Å²) in [6, 6.07) is 5.85. The largest absolute Gasteiger partial charge is 0.496 e. The zero-order valence-corrected chi connectivity index (χ0v) is 18.8. The second kappa shape index (κ2) is 9.89. The number of nitrogens with one attached hydrogen (secondary N) is 1. The second-order valence-corrected chi connectivity index (χ2v) is 8.42. The Bertz CT molecular complexity index is 1070. The summed E-state index contributed by atoms with van der Waals surface area (Å²) >= 11 is 0. The van der Waals surface area contributed by atoms with Gasteiger partial charge in [0.1, 0.15) is 11.6 Å². The van der Waals surface area contributed by atoms with Crippen molar-refractivity contribution < 1.29 is 33.3 Å². The van der Waals surface area contributed by atoms with Gasteiger partial charge in [-0.15, -0.1) is 0 Å². The number of aliphatic hydroxyl groups excluding tert-OH is 1. The topological polar surface area (TPSA) is 94.1 Å². The van der Waals surface area contributed by atoms with Gasteiger partial charge in [-0.3, -0.25) is 4.79 Å². The van der Waals surface area contributed by atoms with Gasteiger partial charge in [-0.2, -0.15) is 0 Å². The lowest BCUT2D eigenvalue weighted by Gasteiger charge is -2.29. The van der Waals surface area contributed by atoms with Gasteiger partial charge in [0, 0.05) is 6.61 Å². The Morgan fingerprint density at radius 1 is 1.18 bits per heavy atom. The molecular formula is C25H28FNO6. The van der Waals surface area contributed by atoms with Crippen LogP contribution in [0.25, 0.3) is 0 Å². The predicted octanol–water partition coefficient (Wildman–Crippen LogP) is 2.58. The molecule has 1 fully saturated rings. The van der Waals surface area contributed by atoms with Crippen LogP contribution in [0.1, 0.15) is 55.8 Å². The molecule has 33 heavy (non-hydrogen) atoms. The molecule has 0 saturated carbocycles. The van der Waals surface area contributed by atoms with Crippen LogP contribution >= 0.6 is 0 Å². The molecule has 0 radical (unpaired) electrons. The number of amides is 1. The van der Waals surface area contributed by atoms with Crippen molar-refractivity contribution in [1.82, 2.24) is 5.32 Å². The highest BCUT2D eigenvalue weighted by Crippen LogP contribution is 2.37. The molecule has 4 rings (SSSR count). The van der Waals surface area contributed by atoms with E-state index in [4.69, 9.17) is 9.47 Å². The average molecular weight is 457 g/mol. The number of carbonyl (C=O) groups excluding carboxylic acids is 2. The number of benzene rings is 2. The molecule has 0 unspecified atom stereocenters. The first-order chi connectivity index (χ1) is 15.9. The Balaban J connectivity index is 1.66. The number of hydrogen-bond donors (Lipinski definition) is 2. The minimum absolute atomic E-state index is 0.115. The summed E-state index contributed by atoms with van der Waals surface area (Å²) in [4.78, 5) is 24.9. The number of carbonyl (C=O) groups is 2. The van der Waals surface area contributed by atoms with Gasteiger partial charge in [0.05, 0.1) is 44.1 Å². The van der Waals surface area contributed by atoms with Crippen LogP contribution in [-0.4, -0.2) is 56.6 Å². The molecular weight excluding hydrogens is 429 g/mol. The van der Waals surface area contributed by atoms with Crippen molar-refractivity contribution in [3.63, 3.8) is 0 Å². The summed E-state index contributed by atoms with van der Waals surface area (Å²) in [5.74, 6) is -1.13. The van der Waals surface area contributed by atoms with E-state index in [0.29, 0.717) is 36.3 Å². The Morgan fingerprint density at radius 3 is 2.67 bits per heavy atom. The molecule has 1 amide bonds. The van der Waals surface area contributed by atoms with E-state index in [9.17, 15) is 19.1 Å². The predicted molar refractivity (Wildman–Crippen MR) is 118 cm³/mol. The first-order valence-electron chi connectivity index (χ1n) is 11.1. The quantitative estimate of drug-likeness (QED) is 0.648. The third-order valence-corrected chi connectivity index (χ3v) is 6.37. The monoisotopic (exact) mass is 457 g/mol. The van der Waals surface area contributed by atoms with E-state index < -0.39 is 23.9 Å². The Morgan fingerprint density at radius 2 is 1.97 bits per heavy atom. The number of esters is 1. The maximum Gasteiger partial charge on any atom is 0.340 e. The first kappa shape index (κ1) is 23.2. The molecule has 1 aliphatic heterocycles. The van der Waals surface area contributed by atoms with Crippen molar-refractivity contribution in [2.45, 2.75) is 44.2 Å². The maximum absolute atomic E-state index is 14.5. The number of halogens is 1. The van der Waals surface area contributed by atoms with Crippen LogP contribution in [0, 0.1) is 5.82 Å². The minimum Gasteiger partial charge on any atom is -0.496 e. The normalized spacial score (nSPS) is 19.6. The van der Waals surface area contributed by atoms with Crippen LogP contribution in [0.3, 0.4) is 0 Å². The number of hydrogen-bond acceptors (Lipinski definition) is 6. The standard InChI is InChI=1S/C25H28FNO6/c1-31-23-17-5-3-4-16(17)15(10-14-6-7-18(20(26)11-14)25(30)32-2)12-19(23)24(29)27-21-8-9-33-13-22(21)28/h6-7,11-12,21-22,28H,3-5,8-10,13H2,1-2H3,(H,27,29)/t21-,22-/m0/s1. The third kappa shape index (κ3) is 4.72. The highest BCUT2D eigenvalue weighted by atomic mass is 19.1. The van der Waals surface area contributed by atoms with Crippen LogP contribution in [0.2, 0.25) is 0 Å². The fourth-order valence-electron chi connectivity index (χ4n) is 4.70. The van der Waals surface area contributed by atoms with Gasteiger partial charge in [0.25, 0.3) is 5.91 Å². The van der Waals surface area contributed by atoms with Crippen LogP contribution in [0.5, 0.6) is 5.75 Å². The number of aliphatic hydroxyl groups is 1. The Labute approximate surface area is 191 Å². The molecule has 7 nitrogen and oxygen atoms in total. The molecule has 2 aliphatic rings. The summed E-state index contributed by atoms with van der Waals surface area (Å²) in [5, 5.41) is 13.1. The molecule has 1 aliphatic carbocycles. The van der Waals surface area contributed by atoms with Gasteiger partial charge in [-0.1, -0.05) is 6.07 Å². The van der Waals surface area contributed by atoms with Crippen LogP contribution in [0.4, 0.5) is 4.39 Å². The second-order valence-electron chi connectivity index (χ2n) is 8.42. The lowest BCUT2D eigenvalue weighted by Crippen LogP contribution is -2.48. The van der Waals surface area contributed by atoms with Crippen molar-refractivity contribution in [3.8, 4) is 5.75 Å². The molecule has 8 heteroatoms. The van der Waals surface area contributed by atoms with E-state index in [-0.39, 0.29) is 18.1 Å². The lowest BCUT2D eigenvalue weighted by atomic mass is 9.92. The van der Waals surface area contributed by atoms with E-state index >= 15 is 0 Å². The van der Waals surface area contributed by atoms with E-state index in [1.165, 1.54) is 19.2 Å². The van der Waals surface area contributed by atoms with Crippen molar-refractivity contribution in [2.24, 2.45) is 0 Å². The molecule has 1 heterocycles. The molecule has 2 aromatic rings. The van der Waals surface area contributed by atoms with Crippen LogP contribution < -0.4 is 10.1 Å². The summed E-state index contributed by atoms with van der Waals surface area (Å²) in [6.07, 6.45) is 2.76. The van der Waals surface area contributed by atoms with Gasteiger partial charge < -0.3 is 24.6 Å². The van der Waals surface area contributed by atoms with E-state index in [1.807, 2.05) is 0 Å². The maximum atomic E-state index is 14.5. The van der Waals surface area contributed by atoms with Gasteiger partial charge in [0.15, 0.2) is 0 Å². The molecule has 1 saturated heterocycles. The van der Waals surface area contributed by atoms with Crippen LogP contribution in [0.15, 0.2) is 24.3 Å². The molecule has 0 spiro atoms. The van der Waals surface area contributed by atoms with Gasteiger partial charge >= 0.3 is 5.97 Å². The number of fused-ring (bicyclic) bond motifs is 1. The third-order valence-electron chi connectivity index (χ3n) is 6.37. The average Bonchev–Trinajstić information content (AvgIpc) is 3.30. The molecule has 2 N–H and O–H groups in total. The van der Waals surface area contributed by atoms with E-state index in [0.717, 1.165) is 36.0 Å². The highest BCUT2D eigenvalue weighted by molar-refractivity contribution is 5.98. The van der Waals surface area contributed by atoms with Crippen molar-refractivity contribution in [3.05, 3.63) is 63.5 Å². The SMILES string of the molecule is COC(=O)c1ccc(Cc2cc(C(=O)N[C@H]3CCOC[C@@H]3O)c(OC)c3c2CCC3)cc1F. The molecule has 2 aromatic carbocycles. The van der Waals surface area contributed by atoms with E-state index in [2.05, 4.69) is 10.1 Å². The van der Waals surface area contributed by atoms with Gasteiger partial charge in [-0.05, 0) is 72.6 Å². The summed E-state index contributed by atoms with van der Waals surface area (Å²) < 4.78 is 30.0. The summed E-state index contributed by atoms with van der Waals surface area (Å²) in [7, 11) is 2.76. The Hall–Kier alpha value is -2.97. The van der Waals surface area contributed by atoms with Gasteiger partial charge in [0.2, 0.25) is 0 Å². The lowest BCUT2D eigenvalue weighted by molar-refractivity contribution is -0.0261. The number of methoxy groups -OCH3 is 2. The zero-order valence-electron chi connectivity index (χ0n) is 18.8. The van der Waals surface area contributed by atoms with Crippen molar-refractivity contribution in [1.29, 1.82) is 0 Å². The van der Waals surface area contributed by atoms with Gasteiger partial charge in [-0.25, -0.2) is 9.18 Å². The van der Waals surface area contributed by atoms with E-state index in [1.54, 1.807) is 19.2 Å². The van der Waals surface area contributed by atoms with Crippen LogP contribution in [-0.2, 0) is 28.7 Å². The van der Waals surface area contributed by atoms with Crippen molar-refractivity contribution >= 4 is 11.9 Å². The van der Waals surface area contributed by atoms with Crippen molar-refractivity contribution in [2.75, 3.05) is 27.4 Å². The zero-order chi connectivity index (χ0) is 23.5. The fourth-order valence-corrected chi connectivity index (χ4v) is 4.70. The number of ether oxygens (including phenoxy) is 3. The Kier molecular flexibility index (Phi) is 6.95. The molecule has 0 bridgehead atoms. The number of rotatable bonds is 6. The smallest absolute Gasteiger partial charge is 0.340 e. The highest BCUT2D eigenvalue weighted by Gasteiger charge is 2.29. The fraction of sp³-hybridized carbons (Fsp3) is 0.440. The summed E-state index contributed by atoms with van der Waals surface area (Å²) in [6.45, 7) is 0.659. The molecule has 2 atom stereocenters. The molecule has 0 aromatic heterocycles. The minimum atomic E-state index is -0.765. The molecule has 176 valence electrons.